The van der Waals surface area contributed by atoms with E-state index in [9.17, 15) is 0 Å². The van der Waals surface area contributed by atoms with Crippen LogP contribution in [0.5, 0.6) is 0 Å². The molecule has 0 aromatic heterocycles. The Balaban J connectivity index is 1.94. The van der Waals surface area contributed by atoms with Gasteiger partial charge in [0.25, 0.3) is 0 Å². The van der Waals surface area contributed by atoms with Crippen molar-refractivity contribution in [3.8, 4) is 0 Å². The first-order chi connectivity index (χ1) is 6.15. The second-order valence-electron chi connectivity index (χ2n) is 5.84. The summed E-state index contributed by atoms with van der Waals surface area (Å²) < 4.78 is 0. The minimum atomic E-state index is 0.806. The van der Waals surface area contributed by atoms with Crippen molar-refractivity contribution in [1.29, 1.82) is 0 Å². The van der Waals surface area contributed by atoms with E-state index in [4.69, 9.17) is 0 Å². The molecule has 0 spiro atoms. The predicted molar refractivity (Wildman–Crippen MR) is 57.6 cm³/mol. The van der Waals surface area contributed by atoms with Gasteiger partial charge in [0, 0.05) is 0 Å². The average molecular weight is 180 g/mol. The van der Waals surface area contributed by atoms with Crippen LogP contribution < -0.4 is 0 Å². The lowest BCUT2D eigenvalue weighted by molar-refractivity contribution is 0.151. The molecule has 0 aliphatic heterocycles. The van der Waals surface area contributed by atoms with Crippen molar-refractivity contribution in [3.63, 3.8) is 0 Å². The molecule has 0 N–H and O–H groups in total. The van der Waals surface area contributed by atoms with Crippen molar-refractivity contribution in [2.24, 2.45) is 23.2 Å². The van der Waals surface area contributed by atoms with E-state index in [1.54, 1.807) is 0 Å². The molecular weight excluding hydrogens is 156 g/mol. The zero-order valence-corrected chi connectivity index (χ0v) is 9.47. The molecule has 0 aromatic rings. The van der Waals surface area contributed by atoms with Gasteiger partial charge in [-0.15, -0.1) is 0 Å². The first-order valence-electron chi connectivity index (χ1n) is 6.15. The summed E-state index contributed by atoms with van der Waals surface area (Å²) in [6, 6.07) is 0. The molecule has 0 radical (unpaired) electrons. The van der Waals surface area contributed by atoms with Crippen LogP contribution in [0.1, 0.15) is 59.3 Å². The summed E-state index contributed by atoms with van der Waals surface area (Å²) in [6.07, 6.45) is 9.12. The molecule has 0 saturated heterocycles. The van der Waals surface area contributed by atoms with Gasteiger partial charge in [0.15, 0.2) is 0 Å². The Bertz CT molecular complexity index is 168. The van der Waals surface area contributed by atoms with Crippen molar-refractivity contribution in [2.45, 2.75) is 59.3 Å². The van der Waals surface area contributed by atoms with Crippen LogP contribution in [0.4, 0.5) is 0 Å². The van der Waals surface area contributed by atoms with Gasteiger partial charge in [0.2, 0.25) is 0 Å². The third-order valence-corrected chi connectivity index (χ3v) is 4.81. The van der Waals surface area contributed by atoms with E-state index < -0.39 is 0 Å². The molecule has 13 heavy (non-hydrogen) atoms. The summed E-state index contributed by atoms with van der Waals surface area (Å²) in [4.78, 5) is 0. The summed E-state index contributed by atoms with van der Waals surface area (Å²) in [5, 5.41) is 0. The standard InChI is InChI=1S/C13H24/c1-10(2)13(8-9-13)12-6-4-11(3)5-7-12/h10-12H,4-9H2,1-3H3. The fourth-order valence-electron chi connectivity index (χ4n) is 3.44. The Morgan fingerprint density at radius 3 is 1.92 bits per heavy atom. The topological polar surface area (TPSA) is 0 Å². The molecular formula is C13H24. The molecule has 0 atom stereocenters. The Kier molecular flexibility index (Phi) is 2.42. The minimum Gasteiger partial charge on any atom is -0.0625 e. The van der Waals surface area contributed by atoms with Gasteiger partial charge >= 0.3 is 0 Å². The smallest absolute Gasteiger partial charge is 0.0246 e. The fraction of sp³-hybridized carbons (Fsp3) is 1.00. The van der Waals surface area contributed by atoms with Crippen molar-refractivity contribution in [2.75, 3.05) is 0 Å². The van der Waals surface area contributed by atoms with Crippen LogP contribution in [0, 0.1) is 23.2 Å². The van der Waals surface area contributed by atoms with Crippen LogP contribution in [0.15, 0.2) is 0 Å². The number of rotatable bonds is 2. The Hall–Kier alpha value is 0. The zero-order chi connectivity index (χ0) is 9.47. The summed E-state index contributed by atoms with van der Waals surface area (Å²) in [7, 11) is 0. The van der Waals surface area contributed by atoms with Gasteiger partial charge in [-0.25, -0.2) is 0 Å². The maximum Gasteiger partial charge on any atom is -0.0246 e. The highest BCUT2D eigenvalue weighted by Crippen LogP contribution is 2.61. The Morgan fingerprint density at radius 2 is 1.54 bits per heavy atom. The number of hydrogen-bond donors (Lipinski definition) is 0. The molecule has 0 bridgehead atoms. The zero-order valence-electron chi connectivity index (χ0n) is 9.47. The highest BCUT2D eigenvalue weighted by molar-refractivity contribution is 5.01. The Morgan fingerprint density at radius 1 is 1.00 bits per heavy atom. The minimum absolute atomic E-state index is 0.806. The van der Waals surface area contributed by atoms with Crippen LogP contribution in [-0.2, 0) is 0 Å². The molecule has 0 unspecified atom stereocenters. The summed E-state index contributed by atoms with van der Waals surface area (Å²) in [5.41, 5.74) is 0.806. The lowest BCUT2D eigenvalue weighted by Crippen LogP contribution is -2.25. The molecule has 0 heterocycles. The van der Waals surface area contributed by atoms with E-state index >= 15 is 0 Å². The number of hydrogen-bond acceptors (Lipinski definition) is 0. The molecule has 0 aromatic carbocycles. The molecule has 2 aliphatic carbocycles. The van der Waals surface area contributed by atoms with Crippen molar-refractivity contribution in [1.82, 2.24) is 0 Å². The predicted octanol–water partition coefficient (Wildman–Crippen LogP) is 4.25. The normalized spacial score (nSPS) is 37.8. The molecule has 2 saturated carbocycles. The van der Waals surface area contributed by atoms with Gasteiger partial charge in [-0.2, -0.15) is 0 Å². The van der Waals surface area contributed by atoms with Gasteiger partial charge in [0.05, 0.1) is 0 Å². The molecule has 0 heteroatoms. The first-order valence-corrected chi connectivity index (χ1v) is 6.15. The van der Waals surface area contributed by atoms with Gasteiger partial charge in [-0.1, -0.05) is 33.6 Å². The van der Waals surface area contributed by atoms with Gasteiger partial charge in [0.1, 0.15) is 0 Å². The average Bonchev–Trinajstić information content (AvgIpc) is 2.86. The second kappa shape index (κ2) is 3.29. The Labute approximate surface area is 83.1 Å². The van der Waals surface area contributed by atoms with Crippen LogP contribution in [0.3, 0.4) is 0 Å². The largest absolute Gasteiger partial charge is 0.0625 e. The fourth-order valence-corrected chi connectivity index (χ4v) is 3.44. The third kappa shape index (κ3) is 1.65. The molecule has 0 nitrogen and oxygen atoms in total. The maximum absolute atomic E-state index is 2.44. The van der Waals surface area contributed by atoms with Crippen LogP contribution in [0.2, 0.25) is 0 Å². The van der Waals surface area contributed by atoms with E-state index in [1.807, 2.05) is 0 Å². The highest BCUT2D eigenvalue weighted by atomic mass is 14.6. The van der Waals surface area contributed by atoms with Crippen LogP contribution in [0.25, 0.3) is 0 Å². The maximum atomic E-state index is 2.44. The van der Waals surface area contributed by atoms with E-state index in [0.717, 1.165) is 23.2 Å². The molecule has 2 aliphatic rings. The van der Waals surface area contributed by atoms with Crippen molar-refractivity contribution in [3.05, 3.63) is 0 Å². The summed E-state index contributed by atoms with van der Waals surface area (Å²) in [6.45, 7) is 7.29. The van der Waals surface area contributed by atoms with Gasteiger partial charge in [-0.05, 0) is 48.9 Å². The van der Waals surface area contributed by atoms with Gasteiger partial charge < -0.3 is 0 Å². The molecule has 76 valence electrons. The van der Waals surface area contributed by atoms with E-state index in [-0.39, 0.29) is 0 Å². The summed E-state index contributed by atoms with van der Waals surface area (Å²) >= 11 is 0. The van der Waals surface area contributed by atoms with Crippen molar-refractivity contribution >= 4 is 0 Å². The van der Waals surface area contributed by atoms with Crippen LogP contribution >= 0.6 is 0 Å². The van der Waals surface area contributed by atoms with Crippen LogP contribution in [-0.4, -0.2) is 0 Å². The molecule has 2 fully saturated rings. The molecule has 2 rings (SSSR count). The molecule has 0 amide bonds. The van der Waals surface area contributed by atoms with E-state index in [2.05, 4.69) is 20.8 Å². The monoisotopic (exact) mass is 180 g/mol. The SMILES string of the molecule is CC1CCC(C2(C(C)C)CC2)CC1. The second-order valence-corrected chi connectivity index (χ2v) is 5.84. The van der Waals surface area contributed by atoms with Crippen molar-refractivity contribution < 1.29 is 0 Å². The summed E-state index contributed by atoms with van der Waals surface area (Å²) in [5.74, 6) is 3.04. The first kappa shape index (κ1) is 9.55. The highest BCUT2D eigenvalue weighted by Gasteiger charge is 2.51. The lowest BCUT2D eigenvalue weighted by Gasteiger charge is -2.35. The van der Waals surface area contributed by atoms with Gasteiger partial charge in [-0.3, -0.25) is 0 Å². The van der Waals surface area contributed by atoms with E-state index in [0.29, 0.717) is 0 Å². The quantitative estimate of drug-likeness (QED) is 0.596. The lowest BCUT2D eigenvalue weighted by atomic mass is 9.70. The third-order valence-electron chi connectivity index (χ3n) is 4.81. The van der Waals surface area contributed by atoms with E-state index in [1.165, 1.54) is 38.5 Å².